The third kappa shape index (κ3) is 1.16. The molecular formula is C7H4ClN4. The zero-order valence-electron chi connectivity index (χ0n) is 5.98. The van der Waals surface area contributed by atoms with Gasteiger partial charge < -0.3 is 0 Å². The van der Waals surface area contributed by atoms with Crippen molar-refractivity contribution in [2.45, 2.75) is 0 Å². The Morgan fingerprint density at radius 2 is 2.42 bits per heavy atom. The van der Waals surface area contributed by atoms with E-state index in [1.807, 2.05) is 0 Å². The SMILES string of the molecule is Clc1ccc[c]c1-n1cnnn1. The lowest BCUT2D eigenvalue weighted by Gasteiger charge is -1.98. The summed E-state index contributed by atoms with van der Waals surface area (Å²) in [6.07, 6.45) is 1.47. The molecule has 0 fully saturated rings. The lowest BCUT2D eigenvalue weighted by Crippen LogP contribution is -1.95. The Morgan fingerprint density at radius 3 is 3.08 bits per heavy atom. The number of nitrogens with zero attached hydrogens (tertiary/aromatic N) is 4. The Balaban J connectivity index is 2.55. The molecule has 0 saturated carbocycles. The molecule has 0 aliphatic heterocycles. The van der Waals surface area contributed by atoms with Gasteiger partial charge >= 0.3 is 0 Å². The van der Waals surface area contributed by atoms with Gasteiger partial charge in [-0.1, -0.05) is 23.7 Å². The van der Waals surface area contributed by atoms with Gasteiger partial charge in [0.15, 0.2) is 0 Å². The predicted molar refractivity (Wildman–Crippen MR) is 43.0 cm³/mol. The van der Waals surface area contributed by atoms with Crippen LogP contribution in [0.15, 0.2) is 24.5 Å². The van der Waals surface area contributed by atoms with E-state index in [0.29, 0.717) is 10.7 Å². The highest BCUT2D eigenvalue weighted by Crippen LogP contribution is 2.16. The lowest BCUT2D eigenvalue weighted by atomic mass is 10.3. The number of para-hydroxylation sites is 1. The van der Waals surface area contributed by atoms with Crippen LogP contribution in [-0.4, -0.2) is 20.2 Å². The molecule has 5 heteroatoms. The fourth-order valence-electron chi connectivity index (χ4n) is 0.847. The van der Waals surface area contributed by atoms with Crippen LogP contribution >= 0.6 is 11.6 Å². The van der Waals surface area contributed by atoms with E-state index in [-0.39, 0.29) is 0 Å². The van der Waals surface area contributed by atoms with E-state index in [1.165, 1.54) is 11.0 Å². The van der Waals surface area contributed by atoms with Crippen molar-refractivity contribution in [3.8, 4) is 5.69 Å². The Kier molecular flexibility index (Phi) is 1.75. The molecule has 0 aliphatic carbocycles. The maximum absolute atomic E-state index is 5.87. The van der Waals surface area contributed by atoms with Gasteiger partial charge in [0.2, 0.25) is 0 Å². The number of hydrogen-bond acceptors (Lipinski definition) is 3. The molecule has 0 aliphatic rings. The fourth-order valence-corrected chi connectivity index (χ4v) is 1.06. The summed E-state index contributed by atoms with van der Waals surface area (Å²) in [6, 6.07) is 8.24. The van der Waals surface area contributed by atoms with Gasteiger partial charge in [-0.15, -0.1) is 5.10 Å². The predicted octanol–water partition coefficient (Wildman–Crippen LogP) is 1.12. The molecule has 0 saturated heterocycles. The quantitative estimate of drug-likeness (QED) is 0.659. The van der Waals surface area contributed by atoms with Gasteiger partial charge in [0.1, 0.15) is 6.33 Å². The molecule has 12 heavy (non-hydrogen) atoms. The molecular weight excluding hydrogens is 176 g/mol. The van der Waals surface area contributed by atoms with Gasteiger partial charge in [-0.2, -0.15) is 4.68 Å². The second-order valence-corrected chi connectivity index (χ2v) is 2.53. The maximum atomic E-state index is 5.87. The third-order valence-corrected chi connectivity index (χ3v) is 1.67. The van der Waals surface area contributed by atoms with Crippen LogP contribution in [0.4, 0.5) is 0 Å². The number of halogens is 1. The van der Waals surface area contributed by atoms with Crippen LogP contribution < -0.4 is 0 Å². The standard InChI is InChI=1S/C7H4ClN4/c8-6-3-1-2-4-7(6)12-5-9-10-11-12/h1-3,5H. The minimum atomic E-state index is 0.574. The van der Waals surface area contributed by atoms with E-state index in [4.69, 9.17) is 11.6 Å². The molecule has 0 spiro atoms. The van der Waals surface area contributed by atoms with E-state index in [1.54, 1.807) is 18.2 Å². The summed E-state index contributed by atoms with van der Waals surface area (Å²) in [5.41, 5.74) is 0.657. The van der Waals surface area contributed by atoms with Crippen molar-refractivity contribution in [1.29, 1.82) is 0 Å². The minimum absolute atomic E-state index is 0.574. The largest absolute Gasteiger partial charge is 0.198 e. The molecule has 59 valence electrons. The van der Waals surface area contributed by atoms with Crippen LogP contribution in [0, 0.1) is 6.07 Å². The molecule has 0 unspecified atom stereocenters. The zero-order chi connectivity index (χ0) is 8.39. The maximum Gasteiger partial charge on any atom is 0.143 e. The molecule has 1 aromatic carbocycles. The zero-order valence-corrected chi connectivity index (χ0v) is 6.73. The number of rotatable bonds is 1. The van der Waals surface area contributed by atoms with Crippen LogP contribution in [0.1, 0.15) is 0 Å². The van der Waals surface area contributed by atoms with Crippen LogP contribution in [-0.2, 0) is 0 Å². The molecule has 2 aromatic rings. The van der Waals surface area contributed by atoms with Crippen LogP contribution in [0.5, 0.6) is 0 Å². The van der Waals surface area contributed by atoms with Crippen molar-refractivity contribution in [3.63, 3.8) is 0 Å². The molecule has 1 aromatic heterocycles. The monoisotopic (exact) mass is 179 g/mol. The first-order valence-corrected chi connectivity index (χ1v) is 3.65. The smallest absolute Gasteiger partial charge is 0.143 e. The molecule has 2 rings (SSSR count). The van der Waals surface area contributed by atoms with Gasteiger partial charge in [0.05, 0.1) is 10.7 Å². The molecule has 0 bridgehead atoms. The van der Waals surface area contributed by atoms with E-state index in [2.05, 4.69) is 21.6 Å². The normalized spacial score (nSPS) is 10.1. The van der Waals surface area contributed by atoms with Gasteiger partial charge in [-0.3, -0.25) is 0 Å². The Labute approximate surface area is 73.8 Å². The second kappa shape index (κ2) is 2.91. The Bertz CT molecular complexity index is 371. The van der Waals surface area contributed by atoms with Crippen molar-refractivity contribution in [3.05, 3.63) is 35.6 Å². The summed E-state index contributed by atoms with van der Waals surface area (Å²) >= 11 is 5.87. The summed E-state index contributed by atoms with van der Waals surface area (Å²) in [5, 5.41) is 11.2. The van der Waals surface area contributed by atoms with Gasteiger partial charge in [-0.25, -0.2) is 0 Å². The topological polar surface area (TPSA) is 43.6 Å². The summed E-state index contributed by atoms with van der Waals surface area (Å²) in [7, 11) is 0. The van der Waals surface area contributed by atoms with Crippen molar-refractivity contribution in [2.75, 3.05) is 0 Å². The summed E-state index contributed by atoms with van der Waals surface area (Å²) in [5.74, 6) is 0. The molecule has 4 nitrogen and oxygen atoms in total. The highest BCUT2D eigenvalue weighted by atomic mass is 35.5. The summed E-state index contributed by atoms with van der Waals surface area (Å²) in [6.45, 7) is 0. The van der Waals surface area contributed by atoms with Gasteiger partial charge in [0, 0.05) is 6.07 Å². The second-order valence-electron chi connectivity index (χ2n) is 2.12. The number of benzene rings is 1. The van der Waals surface area contributed by atoms with Gasteiger partial charge in [-0.05, 0) is 16.5 Å². The highest BCUT2D eigenvalue weighted by Gasteiger charge is 2.01. The van der Waals surface area contributed by atoms with Crippen LogP contribution in [0.2, 0.25) is 5.02 Å². The van der Waals surface area contributed by atoms with Crippen LogP contribution in [0.3, 0.4) is 0 Å². The Hall–Kier alpha value is -1.42. The van der Waals surface area contributed by atoms with Crippen molar-refractivity contribution < 1.29 is 0 Å². The molecule has 1 radical (unpaired) electrons. The van der Waals surface area contributed by atoms with Crippen molar-refractivity contribution >= 4 is 11.6 Å². The first-order chi connectivity index (χ1) is 5.88. The average Bonchev–Trinajstić information content (AvgIpc) is 2.57. The first kappa shape index (κ1) is 7.24. The number of tetrazole rings is 1. The molecule has 0 N–H and O–H groups in total. The fraction of sp³-hybridized carbons (Fsp3) is 0. The summed E-state index contributed by atoms with van der Waals surface area (Å²) < 4.78 is 1.46. The number of hydrogen-bond donors (Lipinski definition) is 0. The van der Waals surface area contributed by atoms with E-state index >= 15 is 0 Å². The molecule has 0 amide bonds. The van der Waals surface area contributed by atoms with Crippen LogP contribution in [0.25, 0.3) is 5.69 Å². The van der Waals surface area contributed by atoms with E-state index in [0.717, 1.165) is 0 Å². The average molecular weight is 180 g/mol. The van der Waals surface area contributed by atoms with Gasteiger partial charge in [0.25, 0.3) is 0 Å². The van der Waals surface area contributed by atoms with E-state index < -0.39 is 0 Å². The molecule has 1 heterocycles. The highest BCUT2D eigenvalue weighted by molar-refractivity contribution is 6.32. The van der Waals surface area contributed by atoms with Crippen molar-refractivity contribution in [2.24, 2.45) is 0 Å². The van der Waals surface area contributed by atoms with E-state index in [9.17, 15) is 0 Å². The Morgan fingerprint density at radius 1 is 1.50 bits per heavy atom. The minimum Gasteiger partial charge on any atom is -0.198 e. The number of aromatic nitrogens is 4. The first-order valence-electron chi connectivity index (χ1n) is 3.27. The van der Waals surface area contributed by atoms with Crippen molar-refractivity contribution in [1.82, 2.24) is 20.2 Å². The summed E-state index contributed by atoms with van der Waals surface area (Å²) in [4.78, 5) is 0. The molecule has 0 atom stereocenters. The lowest BCUT2D eigenvalue weighted by molar-refractivity contribution is 0.788. The third-order valence-electron chi connectivity index (χ3n) is 1.36.